The van der Waals surface area contributed by atoms with E-state index < -0.39 is 9.84 Å². The van der Waals surface area contributed by atoms with Crippen LogP contribution in [0, 0.1) is 0 Å². The van der Waals surface area contributed by atoms with Crippen molar-refractivity contribution in [2.24, 2.45) is 12.2 Å². The predicted octanol–water partition coefficient (Wildman–Crippen LogP) is 4.32. The van der Waals surface area contributed by atoms with Gasteiger partial charge in [-0.25, -0.2) is 8.42 Å². The van der Waals surface area contributed by atoms with Gasteiger partial charge in [-0.15, -0.1) is 0 Å². The molecule has 182 valence electrons. The smallest absolute Gasteiger partial charge is 0.227 e. The molecule has 1 aromatic heterocycles. The zero-order chi connectivity index (χ0) is 24.3. The number of benzene rings is 2. The van der Waals surface area contributed by atoms with Crippen LogP contribution in [0.2, 0.25) is 5.02 Å². The topological polar surface area (TPSA) is 81.0 Å². The number of carbonyl (C=O) groups excluding carboxylic acids is 1. The number of rotatable bonds is 7. The van der Waals surface area contributed by atoms with E-state index in [0.29, 0.717) is 30.6 Å². The van der Waals surface area contributed by atoms with Gasteiger partial charge in [0.1, 0.15) is 6.61 Å². The van der Waals surface area contributed by atoms with Crippen molar-refractivity contribution in [2.75, 3.05) is 25.4 Å². The van der Waals surface area contributed by atoms with Crippen LogP contribution in [0.5, 0.6) is 0 Å². The van der Waals surface area contributed by atoms with Crippen molar-refractivity contribution < 1.29 is 18.0 Å². The van der Waals surface area contributed by atoms with E-state index in [9.17, 15) is 13.2 Å². The number of nitrogens with zero attached hydrogens (tertiary/aromatic N) is 3. The Balaban J connectivity index is 1.34. The van der Waals surface area contributed by atoms with Gasteiger partial charge in [0.25, 0.3) is 0 Å². The average Bonchev–Trinajstić information content (AvgIpc) is 3.21. The largest absolute Gasteiger partial charge is 0.394 e. The third-order valence-electron chi connectivity index (χ3n) is 6.07. The highest BCUT2D eigenvalue weighted by atomic mass is 35.5. The first-order chi connectivity index (χ1) is 16.3. The van der Waals surface area contributed by atoms with Crippen molar-refractivity contribution in [3.63, 3.8) is 0 Å². The second-order valence-electron chi connectivity index (χ2n) is 8.41. The molecule has 0 spiro atoms. The van der Waals surface area contributed by atoms with Crippen LogP contribution >= 0.6 is 22.9 Å². The van der Waals surface area contributed by atoms with Crippen molar-refractivity contribution >= 4 is 49.5 Å². The van der Waals surface area contributed by atoms with E-state index in [1.165, 1.54) is 4.88 Å². The van der Waals surface area contributed by atoms with Crippen LogP contribution in [0.3, 0.4) is 0 Å². The zero-order valence-corrected chi connectivity index (χ0v) is 21.6. The number of hydrogen-bond donors (Lipinski definition) is 0. The normalized spacial score (nSPS) is 15.7. The number of thiazole rings is 1. The molecule has 10 heteroatoms. The van der Waals surface area contributed by atoms with E-state index in [2.05, 4.69) is 11.4 Å². The SMILES string of the molecule is CCO/N=c1\sc(C2CCN(C(=O)CCS(=O)(=O)c3ccc4cc(Cl)ccc4c3)CC2)cn1C. The minimum Gasteiger partial charge on any atom is -0.394 e. The van der Waals surface area contributed by atoms with Gasteiger partial charge in [0, 0.05) is 42.7 Å². The van der Waals surface area contributed by atoms with Crippen molar-refractivity contribution in [3.8, 4) is 0 Å². The second kappa shape index (κ2) is 10.5. The summed E-state index contributed by atoms with van der Waals surface area (Å²) in [6.45, 7) is 3.67. The molecule has 0 N–H and O–H groups in total. The van der Waals surface area contributed by atoms with Gasteiger partial charge in [0.2, 0.25) is 10.7 Å². The molecule has 2 heterocycles. The van der Waals surface area contributed by atoms with Gasteiger partial charge in [0.05, 0.1) is 10.6 Å². The molecule has 0 saturated carbocycles. The fourth-order valence-corrected chi connectivity index (χ4v) is 6.69. The van der Waals surface area contributed by atoms with Gasteiger partial charge in [-0.3, -0.25) is 4.79 Å². The maximum atomic E-state index is 12.9. The molecule has 0 bridgehead atoms. The molecule has 0 unspecified atom stereocenters. The summed E-state index contributed by atoms with van der Waals surface area (Å²) in [6.07, 6.45) is 3.76. The van der Waals surface area contributed by atoms with E-state index in [1.807, 2.05) is 18.5 Å². The molecule has 1 amide bonds. The summed E-state index contributed by atoms with van der Waals surface area (Å²) in [4.78, 5) is 22.0. The Labute approximate surface area is 208 Å². The van der Waals surface area contributed by atoms with Crippen LogP contribution in [0.15, 0.2) is 52.6 Å². The molecule has 1 aliphatic rings. The Bertz CT molecular complexity index is 1360. The molecule has 4 rings (SSSR count). The Morgan fingerprint density at radius 1 is 1.18 bits per heavy atom. The van der Waals surface area contributed by atoms with Crippen molar-refractivity contribution in [3.05, 3.63) is 57.3 Å². The number of fused-ring (bicyclic) bond motifs is 1. The highest BCUT2D eigenvalue weighted by Gasteiger charge is 2.26. The van der Waals surface area contributed by atoms with Gasteiger partial charge < -0.3 is 14.3 Å². The molecular formula is C24H28ClN3O4S2. The molecule has 0 radical (unpaired) electrons. The number of aromatic nitrogens is 1. The van der Waals surface area contributed by atoms with Crippen molar-refractivity contribution in [1.82, 2.24) is 9.47 Å². The molecular weight excluding hydrogens is 494 g/mol. The minimum absolute atomic E-state index is 0.0169. The Kier molecular flexibility index (Phi) is 7.64. The summed E-state index contributed by atoms with van der Waals surface area (Å²) < 4.78 is 27.7. The number of aryl methyl sites for hydroxylation is 1. The first-order valence-electron chi connectivity index (χ1n) is 11.3. The van der Waals surface area contributed by atoms with Gasteiger partial charge in [0.15, 0.2) is 9.84 Å². The molecule has 1 saturated heterocycles. The number of likely N-dealkylation sites (tertiary alicyclic amines) is 1. The van der Waals surface area contributed by atoms with Gasteiger partial charge in [-0.05, 0) is 60.7 Å². The van der Waals surface area contributed by atoms with E-state index in [-0.39, 0.29) is 23.0 Å². The lowest BCUT2D eigenvalue weighted by molar-refractivity contribution is -0.131. The molecule has 1 fully saturated rings. The van der Waals surface area contributed by atoms with E-state index in [4.69, 9.17) is 16.4 Å². The maximum absolute atomic E-state index is 12.9. The molecule has 2 aromatic carbocycles. The zero-order valence-electron chi connectivity index (χ0n) is 19.2. The van der Waals surface area contributed by atoms with Crippen LogP contribution in [0.25, 0.3) is 10.8 Å². The van der Waals surface area contributed by atoms with Crippen LogP contribution in [0.1, 0.15) is 37.0 Å². The lowest BCUT2D eigenvalue weighted by Crippen LogP contribution is -2.38. The monoisotopic (exact) mass is 521 g/mol. The molecule has 1 aliphatic heterocycles. The van der Waals surface area contributed by atoms with E-state index in [0.717, 1.165) is 28.4 Å². The average molecular weight is 522 g/mol. The van der Waals surface area contributed by atoms with Crippen molar-refractivity contribution in [1.29, 1.82) is 0 Å². The van der Waals surface area contributed by atoms with Crippen molar-refractivity contribution in [2.45, 2.75) is 37.0 Å². The first kappa shape index (κ1) is 24.8. The number of carbonyl (C=O) groups is 1. The molecule has 0 aliphatic carbocycles. The highest BCUT2D eigenvalue weighted by molar-refractivity contribution is 7.91. The van der Waals surface area contributed by atoms with Crippen LogP contribution in [-0.2, 0) is 26.5 Å². The van der Waals surface area contributed by atoms with Crippen LogP contribution < -0.4 is 4.80 Å². The number of piperidine rings is 1. The molecule has 3 aromatic rings. The third-order valence-corrected chi connectivity index (χ3v) is 9.24. The molecule has 0 atom stereocenters. The highest BCUT2D eigenvalue weighted by Crippen LogP contribution is 2.30. The second-order valence-corrected chi connectivity index (χ2v) is 12.0. The lowest BCUT2D eigenvalue weighted by Gasteiger charge is -2.31. The van der Waals surface area contributed by atoms with Crippen LogP contribution in [0.4, 0.5) is 0 Å². The molecule has 34 heavy (non-hydrogen) atoms. The fraction of sp³-hybridized carbons (Fsp3) is 0.417. The summed E-state index contributed by atoms with van der Waals surface area (Å²) >= 11 is 7.62. The van der Waals surface area contributed by atoms with Gasteiger partial charge >= 0.3 is 0 Å². The summed E-state index contributed by atoms with van der Waals surface area (Å²) in [5.74, 6) is 0.0486. The number of sulfone groups is 1. The first-order valence-corrected chi connectivity index (χ1v) is 14.1. The summed E-state index contributed by atoms with van der Waals surface area (Å²) in [7, 11) is -1.62. The summed E-state index contributed by atoms with van der Waals surface area (Å²) in [5, 5.41) is 6.42. The summed E-state index contributed by atoms with van der Waals surface area (Å²) in [6, 6.07) is 10.3. The number of amides is 1. The Hall–Kier alpha value is -2.36. The van der Waals surface area contributed by atoms with E-state index in [1.54, 1.807) is 52.6 Å². The van der Waals surface area contributed by atoms with Gasteiger partial charge in [-0.2, -0.15) is 0 Å². The number of hydrogen-bond acceptors (Lipinski definition) is 6. The fourth-order valence-electron chi connectivity index (χ4n) is 4.14. The quantitative estimate of drug-likeness (QED) is 0.434. The third kappa shape index (κ3) is 5.64. The molecule has 7 nitrogen and oxygen atoms in total. The Morgan fingerprint density at radius 3 is 2.62 bits per heavy atom. The standard InChI is InChI=1S/C24H28ClN3O4S2/c1-3-32-26-24-27(2)16-22(33-24)17-8-11-28(12-9-17)23(29)10-13-34(30,31)21-7-5-18-14-20(25)6-4-19(18)15-21/h4-7,14-17H,3,8-13H2,1-2H3/b26-24-. The van der Waals surface area contributed by atoms with Gasteiger partial charge in [-0.1, -0.05) is 40.2 Å². The predicted molar refractivity (Wildman–Crippen MR) is 135 cm³/mol. The van der Waals surface area contributed by atoms with E-state index >= 15 is 0 Å². The number of halogens is 1. The maximum Gasteiger partial charge on any atom is 0.227 e. The minimum atomic E-state index is -3.56. The van der Waals surface area contributed by atoms with Crippen LogP contribution in [-0.4, -0.2) is 49.2 Å². The Morgan fingerprint density at radius 2 is 1.88 bits per heavy atom. The lowest BCUT2D eigenvalue weighted by atomic mass is 9.95. The summed E-state index contributed by atoms with van der Waals surface area (Å²) in [5.41, 5.74) is 0.